The fraction of sp³-hybridized carbons (Fsp3) is 0.167. The van der Waals surface area contributed by atoms with E-state index in [1.807, 2.05) is 19.1 Å². The van der Waals surface area contributed by atoms with E-state index < -0.39 is 0 Å². The van der Waals surface area contributed by atoms with Crippen LogP contribution in [0.15, 0.2) is 60.7 Å². The average Bonchev–Trinajstić information content (AvgIpc) is 2.53. The lowest BCUT2D eigenvalue weighted by Gasteiger charge is -2.10. The highest BCUT2D eigenvalue weighted by molar-refractivity contribution is 6.30. The fourth-order valence-electron chi connectivity index (χ4n) is 1.75. The first-order chi connectivity index (χ1) is 11.0. The lowest BCUT2D eigenvalue weighted by Crippen LogP contribution is -2.20. The van der Waals surface area contributed by atoms with Crippen molar-refractivity contribution < 1.29 is 14.3 Å². The summed E-state index contributed by atoms with van der Waals surface area (Å²) >= 11 is 5.79. The fourth-order valence-corrected chi connectivity index (χ4v) is 1.87. The minimum atomic E-state index is -0.253. The SMILES string of the molecule is C=C(C)COc1cccc(NC(=O)COc2ccc(Cl)cc2)c1. The summed E-state index contributed by atoms with van der Waals surface area (Å²) in [7, 11) is 0. The van der Waals surface area contributed by atoms with Gasteiger partial charge >= 0.3 is 0 Å². The molecule has 0 spiro atoms. The normalized spacial score (nSPS) is 10.0. The maximum atomic E-state index is 11.9. The van der Waals surface area contributed by atoms with E-state index in [4.69, 9.17) is 21.1 Å². The molecule has 1 N–H and O–H groups in total. The molecule has 0 unspecified atom stereocenters. The van der Waals surface area contributed by atoms with Gasteiger partial charge in [0.15, 0.2) is 6.61 Å². The molecule has 0 aromatic heterocycles. The number of benzene rings is 2. The number of anilines is 1. The summed E-state index contributed by atoms with van der Waals surface area (Å²) in [5, 5.41) is 3.38. The molecule has 0 atom stereocenters. The van der Waals surface area contributed by atoms with Gasteiger partial charge in [-0.25, -0.2) is 0 Å². The number of carbonyl (C=O) groups excluding carboxylic acids is 1. The highest BCUT2D eigenvalue weighted by atomic mass is 35.5. The standard InChI is InChI=1S/C18H18ClNO3/c1-13(2)11-22-17-5-3-4-15(10-17)20-18(21)12-23-16-8-6-14(19)7-9-16/h3-10H,1,11-12H2,2H3,(H,20,21). The van der Waals surface area contributed by atoms with Gasteiger partial charge in [0.25, 0.3) is 5.91 Å². The number of rotatable bonds is 7. The first kappa shape index (κ1) is 16.9. The van der Waals surface area contributed by atoms with E-state index in [1.165, 1.54) is 0 Å². The van der Waals surface area contributed by atoms with Crippen LogP contribution in [0.25, 0.3) is 0 Å². The van der Waals surface area contributed by atoms with E-state index in [2.05, 4.69) is 11.9 Å². The van der Waals surface area contributed by atoms with Crippen molar-refractivity contribution in [3.8, 4) is 11.5 Å². The summed E-state index contributed by atoms with van der Waals surface area (Å²) in [6, 6.07) is 14.0. The molecular formula is C18H18ClNO3. The zero-order valence-corrected chi connectivity index (χ0v) is 13.6. The van der Waals surface area contributed by atoms with Crippen LogP contribution in [0.1, 0.15) is 6.92 Å². The van der Waals surface area contributed by atoms with Crippen LogP contribution in [0.4, 0.5) is 5.69 Å². The molecule has 23 heavy (non-hydrogen) atoms. The van der Waals surface area contributed by atoms with Crippen LogP contribution < -0.4 is 14.8 Å². The molecule has 0 aliphatic rings. The second-order valence-electron chi connectivity index (χ2n) is 5.06. The minimum Gasteiger partial charge on any atom is -0.489 e. The molecule has 0 bridgehead atoms. The predicted molar refractivity (Wildman–Crippen MR) is 92.3 cm³/mol. The number of hydrogen-bond donors (Lipinski definition) is 1. The summed E-state index contributed by atoms with van der Waals surface area (Å²) in [6.45, 7) is 6.03. The molecule has 5 heteroatoms. The number of halogens is 1. The molecule has 2 aromatic rings. The Kier molecular flexibility index (Phi) is 6.06. The Morgan fingerprint density at radius 2 is 1.78 bits per heavy atom. The van der Waals surface area contributed by atoms with Crippen LogP contribution in [0, 0.1) is 0 Å². The van der Waals surface area contributed by atoms with Gasteiger partial charge < -0.3 is 14.8 Å². The molecule has 4 nitrogen and oxygen atoms in total. The molecule has 0 aliphatic carbocycles. The largest absolute Gasteiger partial charge is 0.489 e. The third kappa shape index (κ3) is 6.04. The quantitative estimate of drug-likeness (QED) is 0.769. The van der Waals surface area contributed by atoms with Crippen molar-refractivity contribution in [2.75, 3.05) is 18.5 Å². The van der Waals surface area contributed by atoms with E-state index >= 15 is 0 Å². The first-order valence-corrected chi connectivity index (χ1v) is 7.46. The van der Waals surface area contributed by atoms with Gasteiger partial charge in [-0.3, -0.25) is 4.79 Å². The van der Waals surface area contributed by atoms with E-state index in [0.717, 1.165) is 5.57 Å². The number of hydrogen-bond acceptors (Lipinski definition) is 3. The van der Waals surface area contributed by atoms with Crippen molar-refractivity contribution in [2.45, 2.75) is 6.92 Å². The van der Waals surface area contributed by atoms with Gasteiger partial charge in [-0.15, -0.1) is 0 Å². The smallest absolute Gasteiger partial charge is 0.262 e. The van der Waals surface area contributed by atoms with E-state index in [-0.39, 0.29) is 12.5 Å². The predicted octanol–water partition coefficient (Wildman–Crippen LogP) is 4.31. The number of carbonyl (C=O) groups is 1. The van der Waals surface area contributed by atoms with Gasteiger partial charge in [-0.05, 0) is 48.9 Å². The highest BCUT2D eigenvalue weighted by Crippen LogP contribution is 2.18. The number of ether oxygens (including phenoxy) is 2. The number of nitrogens with one attached hydrogen (secondary N) is 1. The molecular weight excluding hydrogens is 314 g/mol. The van der Waals surface area contributed by atoms with Crippen molar-refractivity contribution >= 4 is 23.2 Å². The molecule has 0 radical (unpaired) electrons. The van der Waals surface area contributed by atoms with Crippen molar-refractivity contribution in [3.05, 3.63) is 65.7 Å². The zero-order chi connectivity index (χ0) is 16.7. The van der Waals surface area contributed by atoms with Gasteiger partial charge in [0.2, 0.25) is 0 Å². The van der Waals surface area contributed by atoms with Crippen LogP contribution in [0.3, 0.4) is 0 Å². The van der Waals surface area contributed by atoms with Gasteiger partial charge in [0.05, 0.1) is 0 Å². The molecule has 120 valence electrons. The van der Waals surface area contributed by atoms with E-state index in [9.17, 15) is 4.79 Å². The highest BCUT2D eigenvalue weighted by Gasteiger charge is 2.05. The lowest BCUT2D eigenvalue weighted by atomic mass is 10.3. The molecule has 2 rings (SSSR count). The molecule has 0 fully saturated rings. The van der Waals surface area contributed by atoms with Gasteiger partial charge in [-0.2, -0.15) is 0 Å². The Bertz CT molecular complexity index is 683. The Labute approximate surface area is 140 Å². The summed E-state index contributed by atoms with van der Waals surface area (Å²) in [6.07, 6.45) is 0. The van der Waals surface area contributed by atoms with Crippen molar-refractivity contribution in [2.24, 2.45) is 0 Å². The Balaban J connectivity index is 1.86. The number of amides is 1. The summed E-state index contributed by atoms with van der Waals surface area (Å²) in [4.78, 5) is 11.9. The van der Waals surface area contributed by atoms with Crippen molar-refractivity contribution in [3.63, 3.8) is 0 Å². The Hall–Kier alpha value is -2.46. The Morgan fingerprint density at radius 3 is 2.48 bits per heavy atom. The molecule has 0 saturated heterocycles. The second kappa shape index (κ2) is 8.25. The molecule has 0 saturated carbocycles. The first-order valence-electron chi connectivity index (χ1n) is 7.08. The lowest BCUT2D eigenvalue weighted by molar-refractivity contribution is -0.118. The van der Waals surface area contributed by atoms with E-state index in [0.29, 0.717) is 28.8 Å². The van der Waals surface area contributed by atoms with Crippen molar-refractivity contribution in [1.29, 1.82) is 0 Å². The maximum absolute atomic E-state index is 11.9. The summed E-state index contributed by atoms with van der Waals surface area (Å²) in [5.74, 6) is 1.00. The molecule has 2 aromatic carbocycles. The topological polar surface area (TPSA) is 47.6 Å². The van der Waals surface area contributed by atoms with Crippen LogP contribution in [-0.4, -0.2) is 19.1 Å². The van der Waals surface area contributed by atoms with Gasteiger partial charge in [0, 0.05) is 16.8 Å². The third-order valence-corrected chi connectivity index (χ3v) is 3.04. The summed E-state index contributed by atoms with van der Waals surface area (Å²) in [5.41, 5.74) is 1.57. The third-order valence-electron chi connectivity index (χ3n) is 2.79. The monoisotopic (exact) mass is 331 g/mol. The van der Waals surface area contributed by atoms with Crippen LogP contribution in [0.2, 0.25) is 5.02 Å². The van der Waals surface area contributed by atoms with E-state index in [1.54, 1.807) is 36.4 Å². The van der Waals surface area contributed by atoms with Gasteiger partial charge in [-0.1, -0.05) is 24.2 Å². The molecule has 0 heterocycles. The zero-order valence-electron chi connectivity index (χ0n) is 12.8. The summed E-state index contributed by atoms with van der Waals surface area (Å²) < 4.78 is 10.9. The Morgan fingerprint density at radius 1 is 1.09 bits per heavy atom. The second-order valence-corrected chi connectivity index (χ2v) is 5.50. The van der Waals surface area contributed by atoms with Gasteiger partial charge in [0.1, 0.15) is 18.1 Å². The van der Waals surface area contributed by atoms with Crippen molar-refractivity contribution in [1.82, 2.24) is 0 Å². The molecule has 0 aliphatic heterocycles. The van der Waals surface area contributed by atoms with Crippen LogP contribution in [-0.2, 0) is 4.79 Å². The minimum absolute atomic E-state index is 0.0848. The maximum Gasteiger partial charge on any atom is 0.262 e. The molecule has 1 amide bonds. The average molecular weight is 332 g/mol. The van der Waals surface area contributed by atoms with Crippen LogP contribution in [0.5, 0.6) is 11.5 Å². The van der Waals surface area contributed by atoms with Crippen LogP contribution >= 0.6 is 11.6 Å².